The highest BCUT2D eigenvalue weighted by Crippen LogP contribution is 2.33. The van der Waals surface area contributed by atoms with Gasteiger partial charge in [0.15, 0.2) is 5.65 Å². The average Bonchev–Trinajstić information content (AvgIpc) is 3.29. The number of fused-ring (bicyclic) bond motifs is 1. The Bertz CT molecular complexity index is 995. The summed E-state index contributed by atoms with van der Waals surface area (Å²) in [6.07, 6.45) is 1.12. The molecule has 0 saturated carbocycles. The van der Waals surface area contributed by atoms with E-state index in [4.69, 9.17) is 0 Å². The first kappa shape index (κ1) is 18.5. The molecule has 1 aliphatic rings. The van der Waals surface area contributed by atoms with E-state index in [-0.39, 0.29) is 29.8 Å². The van der Waals surface area contributed by atoms with Crippen molar-refractivity contribution in [3.63, 3.8) is 0 Å². The molecular weight excluding hydrogens is 373 g/mol. The lowest BCUT2D eigenvalue weighted by atomic mass is 9.99. The quantitative estimate of drug-likeness (QED) is 0.687. The van der Waals surface area contributed by atoms with Crippen LogP contribution in [-0.2, 0) is 17.5 Å². The number of halogens is 3. The third kappa shape index (κ3) is 3.46. The fourth-order valence-electron chi connectivity index (χ4n) is 3.64. The number of hydrogen-bond acceptors (Lipinski definition) is 4. The summed E-state index contributed by atoms with van der Waals surface area (Å²) in [7, 11) is 0. The Labute approximate surface area is 158 Å². The number of aryl methyl sites for hydroxylation is 1. The minimum absolute atomic E-state index is 0.0853. The van der Waals surface area contributed by atoms with Crippen LogP contribution in [0.5, 0.6) is 0 Å². The number of alkyl halides is 3. The molecule has 1 atom stereocenters. The molecule has 4 heterocycles. The van der Waals surface area contributed by atoms with Gasteiger partial charge in [-0.3, -0.25) is 9.48 Å². The lowest BCUT2D eigenvalue weighted by Crippen LogP contribution is -2.40. The summed E-state index contributed by atoms with van der Waals surface area (Å²) in [6, 6.07) is 3.88. The number of nitrogens with zero attached hydrogens (tertiary/aromatic N) is 6. The Morgan fingerprint density at radius 2 is 2.11 bits per heavy atom. The lowest BCUT2D eigenvalue weighted by molar-refractivity contribution is -0.143. The van der Waals surface area contributed by atoms with Gasteiger partial charge in [-0.15, -0.1) is 0 Å². The Morgan fingerprint density at radius 3 is 2.82 bits per heavy atom. The third-order valence-corrected chi connectivity index (χ3v) is 4.89. The standard InChI is InChI=1S/C18H19F3N6O/c1-12-9-15(18(19,20)21)27-16(23-12)10-13(24-27)14-5-2-3-8-26(14)17(28)11-25-7-4-6-22-25/h4,6-7,9-10,14H,2-3,5,8,11H2,1H3/t14-/m0/s1. The molecule has 3 aromatic rings. The van der Waals surface area contributed by atoms with E-state index >= 15 is 0 Å². The first-order valence-corrected chi connectivity index (χ1v) is 9.04. The van der Waals surface area contributed by atoms with Crippen LogP contribution in [0.15, 0.2) is 30.6 Å². The third-order valence-electron chi connectivity index (χ3n) is 4.89. The Balaban J connectivity index is 1.69. The molecule has 148 valence electrons. The molecule has 0 radical (unpaired) electrons. The van der Waals surface area contributed by atoms with Gasteiger partial charge in [0.25, 0.3) is 0 Å². The molecule has 4 rings (SSSR count). The minimum atomic E-state index is -4.54. The summed E-state index contributed by atoms with van der Waals surface area (Å²) in [5, 5.41) is 8.24. The first-order chi connectivity index (χ1) is 13.3. The van der Waals surface area contributed by atoms with Crippen LogP contribution >= 0.6 is 0 Å². The maximum absolute atomic E-state index is 13.4. The molecule has 3 aromatic heterocycles. The molecule has 7 nitrogen and oxygen atoms in total. The molecule has 0 unspecified atom stereocenters. The number of likely N-dealkylation sites (tertiary alicyclic amines) is 1. The van der Waals surface area contributed by atoms with Crippen molar-refractivity contribution in [2.24, 2.45) is 0 Å². The fourth-order valence-corrected chi connectivity index (χ4v) is 3.64. The molecule has 1 saturated heterocycles. The van der Waals surface area contributed by atoms with Crippen molar-refractivity contribution in [1.29, 1.82) is 0 Å². The maximum atomic E-state index is 13.4. The van der Waals surface area contributed by atoms with Crippen LogP contribution in [0.3, 0.4) is 0 Å². The Hall–Kier alpha value is -2.91. The van der Waals surface area contributed by atoms with Crippen molar-refractivity contribution >= 4 is 11.6 Å². The lowest BCUT2D eigenvalue weighted by Gasteiger charge is -2.34. The van der Waals surface area contributed by atoms with Crippen LogP contribution in [0, 0.1) is 6.92 Å². The summed E-state index contributed by atoms with van der Waals surface area (Å²) >= 11 is 0. The Morgan fingerprint density at radius 1 is 1.29 bits per heavy atom. The summed E-state index contributed by atoms with van der Waals surface area (Å²) in [4.78, 5) is 18.6. The predicted octanol–water partition coefficient (Wildman–Crippen LogP) is 3.01. The van der Waals surface area contributed by atoms with Crippen molar-refractivity contribution in [2.45, 2.75) is 44.9 Å². The molecule has 0 bridgehead atoms. The van der Waals surface area contributed by atoms with E-state index in [9.17, 15) is 18.0 Å². The van der Waals surface area contributed by atoms with Crippen LogP contribution in [0.4, 0.5) is 13.2 Å². The van der Waals surface area contributed by atoms with Gasteiger partial charge in [0, 0.05) is 30.7 Å². The van der Waals surface area contributed by atoms with Gasteiger partial charge in [-0.2, -0.15) is 23.4 Å². The van der Waals surface area contributed by atoms with Crippen LogP contribution < -0.4 is 0 Å². The van der Waals surface area contributed by atoms with Crippen molar-refractivity contribution < 1.29 is 18.0 Å². The van der Waals surface area contributed by atoms with E-state index < -0.39 is 11.9 Å². The molecular formula is C18H19F3N6O. The van der Waals surface area contributed by atoms with Crippen molar-refractivity contribution in [2.75, 3.05) is 6.54 Å². The van der Waals surface area contributed by atoms with E-state index in [2.05, 4.69) is 15.2 Å². The normalized spacial score (nSPS) is 18.0. The van der Waals surface area contributed by atoms with Gasteiger partial charge in [0.05, 0.1) is 11.7 Å². The van der Waals surface area contributed by atoms with Crippen molar-refractivity contribution in [3.8, 4) is 0 Å². The zero-order valence-electron chi connectivity index (χ0n) is 15.2. The van der Waals surface area contributed by atoms with Gasteiger partial charge in [-0.05, 0) is 38.3 Å². The highest BCUT2D eigenvalue weighted by Gasteiger charge is 2.36. The van der Waals surface area contributed by atoms with Crippen molar-refractivity contribution in [3.05, 3.63) is 47.7 Å². The van der Waals surface area contributed by atoms with Crippen LogP contribution in [0.2, 0.25) is 0 Å². The topological polar surface area (TPSA) is 68.3 Å². The number of aromatic nitrogens is 5. The SMILES string of the molecule is Cc1cc(C(F)(F)F)n2nc([C@@H]3CCCCN3C(=O)Cn3cccn3)cc2n1. The van der Waals surface area contributed by atoms with Crippen molar-refractivity contribution in [1.82, 2.24) is 29.3 Å². The monoisotopic (exact) mass is 392 g/mol. The fraction of sp³-hybridized carbons (Fsp3) is 0.444. The van der Waals surface area contributed by atoms with Gasteiger partial charge in [0.1, 0.15) is 12.2 Å². The molecule has 1 amide bonds. The maximum Gasteiger partial charge on any atom is 0.433 e. The van der Waals surface area contributed by atoms with Crippen LogP contribution in [0.25, 0.3) is 5.65 Å². The smallest absolute Gasteiger partial charge is 0.332 e. The minimum Gasteiger partial charge on any atom is -0.332 e. The van der Waals surface area contributed by atoms with Gasteiger partial charge >= 0.3 is 6.18 Å². The second kappa shape index (κ2) is 6.92. The van der Waals surface area contributed by atoms with Crippen LogP contribution in [0.1, 0.15) is 42.4 Å². The van der Waals surface area contributed by atoms with Gasteiger partial charge in [-0.25, -0.2) is 9.50 Å². The summed E-state index contributed by atoms with van der Waals surface area (Å²) in [5.74, 6) is -0.134. The second-order valence-corrected chi connectivity index (χ2v) is 6.92. The van der Waals surface area contributed by atoms with E-state index in [1.807, 2.05) is 0 Å². The van der Waals surface area contributed by atoms with E-state index in [0.29, 0.717) is 18.7 Å². The van der Waals surface area contributed by atoms with E-state index in [1.165, 1.54) is 11.6 Å². The molecule has 28 heavy (non-hydrogen) atoms. The number of hydrogen-bond donors (Lipinski definition) is 0. The molecule has 1 fully saturated rings. The number of carbonyl (C=O) groups is 1. The van der Waals surface area contributed by atoms with E-state index in [0.717, 1.165) is 23.4 Å². The van der Waals surface area contributed by atoms with Gasteiger partial charge in [-0.1, -0.05) is 0 Å². The zero-order chi connectivity index (χ0) is 19.9. The number of carbonyl (C=O) groups excluding carboxylic acids is 1. The number of rotatable bonds is 3. The van der Waals surface area contributed by atoms with E-state index in [1.54, 1.807) is 29.4 Å². The number of amides is 1. The van der Waals surface area contributed by atoms with Gasteiger partial charge in [0.2, 0.25) is 5.91 Å². The molecule has 1 aliphatic heterocycles. The molecule has 0 aromatic carbocycles. The highest BCUT2D eigenvalue weighted by molar-refractivity contribution is 5.76. The molecule has 10 heteroatoms. The summed E-state index contributed by atoms with van der Waals surface area (Å²) in [6.45, 7) is 2.14. The largest absolute Gasteiger partial charge is 0.433 e. The van der Waals surface area contributed by atoms with Crippen LogP contribution in [-0.4, -0.2) is 41.7 Å². The number of piperidine rings is 1. The summed E-state index contributed by atoms with van der Waals surface area (Å²) < 4.78 is 42.6. The first-order valence-electron chi connectivity index (χ1n) is 9.04. The molecule has 0 N–H and O–H groups in total. The molecule has 0 spiro atoms. The zero-order valence-corrected chi connectivity index (χ0v) is 15.2. The summed E-state index contributed by atoms with van der Waals surface area (Å²) in [5.41, 5.74) is -0.0440. The second-order valence-electron chi connectivity index (χ2n) is 6.92. The average molecular weight is 392 g/mol. The van der Waals surface area contributed by atoms with Gasteiger partial charge < -0.3 is 4.90 Å². The highest BCUT2D eigenvalue weighted by atomic mass is 19.4. The Kier molecular flexibility index (Phi) is 4.56. The molecule has 0 aliphatic carbocycles. The predicted molar refractivity (Wildman–Crippen MR) is 93.3 cm³/mol.